The Labute approximate surface area is 108 Å². The summed E-state index contributed by atoms with van der Waals surface area (Å²) in [6, 6.07) is 1.05. The molecule has 0 radical (unpaired) electrons. The van der Waals surface area contributed by atoms with Crippen LogP contribution in [0.25, 0.3) is 0 Å². The molecule has 1 aliphatic rings. The first-order valence-corrected chi connectivity index (χ1v) is 8.52. The van der Waals surface area contributed by atoms with E-state index in [-0.39, 0.29) is 0 Å². The van der Waals surface area contributed by atoms with Gasteiger partial charge in [-0.15, -0.1) is 0 Å². The van der Waals surface area contributed by atoms with Gasteiger partial charge in [-0.1, -0.05) is 13.3 Å². The monoisotopic (exact) mass is 261 g/mol. The maximum atomic E-state index is 11.0. The Kier molecular flexibility index (Phi) is 7.32. The van der Waals surface area contributed by atoms with Crippen LogP contribution in [0.15, 0.2) is 0 Å². The van der Waals surface area contributed by atoms with Crippen LogP contribution in [-0.2, 0) is 15.5 Å². The maximum Gasteiger partial charge on any atom is 0.0589 e. The van der Waals surface area contributed by atoms with Gasteiger partial charge >= 0.3 is 0 Å². The minimum Gasteiger partial charge on any atom is -0.378 e. The molecule has 4 atom stereocenters. The Bertz CT molecular complexity index is 233. The average molecular weight is 261 g/mol. The van der Waals surface area contributed by atoms with Gasteiger partial charge in [0.1, 0.15) is 0 Å². The van der Waals surface area contributed by atoms with Crippen molar-refractivity contribution in [1.29, 1.82) is 0 Å². The minimum absolute atomic E-state index is 0.443. The predicted molar refractivity (Wildman–Crippen MR) is 73.8 cm³/mol. The van der Waals surface area contributed by atoms with E-state index in [0.29, 0.717) is 18.2 Å². The van der Waals surface area contributed by atoms with Gasteiger partial charge in [0, 0.05) is 41.5 Å². The summed E-state index contributed by atoms with van der Waals surface area (Å²) in [5.41, 5.74) is 0. The molecule has 1 N–H and O–H groups in total. The molecule has 0 aromatic carbocycles. The molecule has 0 amide bonds. The van der Waals surface area contributed by atoms with Gasteiger partial charge in [0.25, 0.3) is 0 Å². The van der Waals surface area contributed by atoms with Crippen molar-refractivity contribution in [3.05, 3.63) is 0 Å². The molecule has 17 heavy (non-hydrogen) atoms. The molecule has 0 saturated carbocycles. The third-order valence-corrected chi connectivity index (χ3v) is 4.15. The van der Waals surface area contributed by atoms with E-state index in [2.05, 4.69) is 19.2 Å². The van der Waals surface area contributed by atoms with Crippen LogP contribution < -0.4 is 5.32 Å². The van der Waals surface area contributed by atoms with Gasteiger partial charge in [0.05, 0.1) is 6.10 Å². The molecule has 1 saturated heterocycles. The third kappa shape index (κ3) is 6.53. The third-order valence-electron chi connectivity index (χ3n) is 3.34. The largest absolute Gasteiger partial charge is 0.378 e. The Morgan fingerprint density at radius 3 is 2.94 bits per heavy atom. The highest BCUT2D eigenvalue weighted by atomic mass is 32.2. The molecule has 1 heterocycles. The number of hydrogen-bond donors (Lipinski definition) is 1. The SMILES string of the molecule is CCCC1CC(NC(C)CCS(C)=O)CCO1. The van der Waals surface area contributed by atoms with E-state index in [9.17, 15) is 4.21 Å². The lowest BCUT2D eigenvalue weighted by Crippen LogP contribution is -2.43. The standard InChI is InChI=1S/C13H27NO2S/c1-4-5-13-10-12(6-8-16-13)14-11(2)7-9-17(3)15/h11-14H,4-10H2,1-3H3. The van der Waals surface area contributed by atoms with Crippen LogP contribution in [0, 0.1) is 0 Å². The van der Waals surface area contributed by atoms with Crippen LogP contribution in [-0.4, -0.2) is 41.0 Å². The second-order valence-corrected chi connectivity index (χ2v) is 6.69. The van der Waals surface area contributed by atoms with Crippen LogP contribution in [0.2, 0.25) is 0 Å². The lowest BCUT2D eigenvalue weighted by molar-refractivity contribution is -0.00470. The second-order valence-electron chi connectivity index (χ2n) is 5.14. The highest BCUT2D eigenvalue weighted by Gasteiger charge is 2.22. The summed E-state index contributed by atoms with van der Waals surface area (Å²) in [6.45, 7) is 5.28. The molecule has 1 fully saturated rings. The van der Waals surface area contributed by atoms with Crippen LogP contribution in [0.1, 0.15) is 46.0 Å². The van der Waals surface area contributed by atoms with E-state index in [4.69, 9.17) is 4.74 Å². The van der Waals surface area contributed by atoms with Gasteiger partial charge in [-0.2, -0.15) is 0 Å². The van der Waals surface area contributed by atoms with Gasteiger partial charge in [-0.25, -0.2) is 0 Å². The van der Waals surface area contributed by atoms with Crippen molar-refractivity contribution < 1.29 is 8.95 Å². The van der Waals surface area contributed by atoms with Crippen molar-refractivity contribution in [2.45, 2.75) is 64.1 Å². The minimum atomic E-state index is -0.667. The van der Waals surface area contributed by atoms with Gasteiger partial charge < -0.3 is 10.1 Å². The molecule has 0 bridgehead atoms. The second kappa shape index (κ2) is 8.22. The summed E-state index contributed by atoms with van der Waals surface area (Å²) in [4.78, 5) is 0. The highest BCUT2D eigenvalue weighted by molar-refractivity contribution is 7.84. The Morgan fingerprint density at radius 1 is 1.53 bits per heavy atom. The van der Waals surface area contributed by atoms with E-state index < -0.39 is 10.8 Å². The first-order chi connectivity index (χ1) is 8.11. The molecule has 0 aromatic rings. The fourth-order valence-electron chi connectivity index (χ4n) is 2.38. The molecule has 1 rings (SSSR count). The summed E-state index contributed by atoms with van der Waals surface area (Å²) in [5.74, 6) is 0.801. The first-order valence-electron chi connectivity index (χ1n) is 6.79. The first kappa shape index (κ1) is 15.1. The Morgan fingerprint density at radius 2 is 2.29 bits per heavy atom. The lowest BCUT2D eigenvalue weighted by Gasteiger charge is -2.32. The zero-order valence-electron chi connectivity index (χ0n) is 11.4. The van der Waals surface area contributed by atoms with Gasteiger partial charge in [0.15, 0.2) is 0 Å². The molecule has 4 unspecified atom stereocenters. The normalized spacial score (nSPS) is 28.9. The van der Waals surface area contributed by atoms with E-state index in [0.717, 1.165) is 31.6 Å². The molecule has 4 heteroatoms. The summed E-state index contributed by atoms with van der Waals surface area (Å²) in [5, 5.41) is 3.65. The Balaban J connectivity index is 2.23. The number of nitrogens with one attached hydrogen (secondary N) is 1. The zero-order valence-corrected chi connectivity index (χ0v) is 12.2. The van der Waals surface area contributed by atoms with Crippen LogP contribution >= 0.6 is 0 Å². The van der Waals surface area contributed by atoms with E-state index in [1.807, 2.05) is 0 Å². The van der Waals surface area contributed by atoms with Crippen molar-refractivity contribution in [1.82, 2.24) is 5.32 Å². The number of hydrogen-bond acceptors (Lipinski definition) is 3. The smallest absolute Gasteiger partial charge is 0.0589 e. The van der Waals surface area contributed by atoms with Crippen LogP contribution in [0.4, 0.5) is 0 Å². The molecule has 1 aliphatic heterocycles. The quantitative estimate of drug-likeness (QED) is 0.762. The molecule has 0 spiro atoms. The van der Waals surface area contributed by atoms with Crippen molar-refractivity contribution in [2.24, 2.45) is 0 Å². The van der Waals surface area contributed by atoms with Crippen molar-refractivity contribution >= 4 is 10.8 Å². The predicted octanol–water partition coefficient (Wildman–Crippen LogP) is 2.08. The van der Waals surface area contributed by atoms with E-state index in [1.54, 1.807) is 6.26 Å². The highest BCUT2D eigenvalue weighted by Crippen LogP contribution is 2.18. The van der Waals surface area contributed by atoms with E-state index in [1.165, 1.54) is 12.8 Å². The molecular weight excluding hydrogens is 234 g/mol. The van der Waals surface area contributed by atoms with Gasteiger partial charge in [-0.3, -0.25) is 4.21 Å². The molecule has 102 valence electrons. The molecule has 0 aliphatic carbocycles. The fourth-order valence-corrected chi connectivity index (χ4v) is 3.07. The maximum absolute atomic E-state index is 11.0. The Hall–Kier alpha value is 0.0700. The number of rotatable bonds is 7. The van der Waals surface area contributed by atoms with Crippen molar-refractivity contribution in [2.75, 3.05) is 18.6 Å². The van der Waals surface area contributed by atoms with Crippen LogP contribution in [0.3, 0.4) is 0 Å². The van der Waals surface area contributed by atoms with Crippen molar-refractivity contribution in [3.8, 4) is 0 Å². The van der Waals surface area contributed by atoms with E-state index >= 15 is 0 Å². The summed E-state index contributed by atoms with van der Waals surface area (Å²) in [7, 11) is -0.667. The average Bonchev–Trinajstić information content (AvgIpc) is 2.27. The fraction of sp³-hybridized carbons (Fsp3) is 1.00. The topological polar surface area (TPSA) is 38.3 Å². The van der Waals surface area contributed by atoms with Crippen molar-refractivity contribution in [3.63, 3.8) is 0 Å². The molecular formula is C13H27NO2S. The summed E-state index contributed by atoms with van der Waals surface area (Å²) < 4.78 is 16.8. The zero-order chi connectivity index (χ0) is 12.7. The summed E-state index contributed by atoms with van der Waals surface area (Å²) in [6.07, 6.45) is 7.83. The number of ether oxygens (including phenoxy) is 1. The van der Waals surface area contributed by atoms with Gasteiger partial charge in [0.2, 0.25) is 0 Å². The molecule has 0 aromatic heterocycles. The molecule has 3 nitrogen and oxygen atoms in total. The summed E-state index contributed by atoms with van der Waals surface area (Å²) >= 11 is 0. The lowest BCUT2D eigenvalue weighted by atomic mass is 9.99. The van der Waals surface area contributed by atoms with Crippen LogP contribution in [0.5, 0.6) is 0 Å². The van der Waals surface area contributed by atoms with Gasteiger partial charge in [-0.05, 0) is 32.6 Å².